The number of thiol groups is 1. The molecule has 0 saturated carbocycles. The number of benzene rings is 1. The number of rotatable bonds is 9. The van der Waals surface area contributed by atoms with Crippen molar-refractivity contribution in [2.75, 3.05) is 30.3 Å². The van der Waals surface area contributed by atoms with Gasteiger partial charge in [-0.15, -0.1) is 0 Å². The number of allylic oxidation sites excluding steroid dienone is 1. The van der Waals surface area contributed by atoms with Crippen molar-refractivity contribution < 1.29 is 35.9 Å². The Morgan fingerprint density at radius 3 is 2.78 bits per heavy atom. The van der Waals surface area contributed by atoms with Crippen LogP contribution >= 0.6 is 0 Å². The molecule has 1 amide bonds. The SMILES string of the molecule is O=C(CO)N1CCCC(Nc2ncc(C(F)(F)F)c(Nc3ccc(F)cc3C/C=C/N[SH](=O)=O)n2)C1. The fraction of sp³-hybridized carbons (Fsp3) is 0.381. The Hall–Kier alpha value is -3.46. The predicted octanol–water partition coefficient (Wildman–Crippen LogP) is 1.95. The molecule has 2 aromatic rings. The van der Waals surface area contributed by atoms with Gasteiger partial charge >= 0.3 is 6.18 Å². The second-order valence-corrected chi connectivity index (χ2v) is 8.63. The van der Waals surface area contributed by atoms with Gasteiger partial charge in [0, 0.05) is 37.2 Å². The molecular weight excluding hydrogens is 508 g/mol. The topological polar surface area (TPSA) is 137 Å². The molecule has 10 nitrogen and oxygen atoms in total. The van der Waals surface area contributed by atoms with E-state index in [9.17, 15) is 30.8 Å². The van der Waals surface area contributed by atoms with Crippen LogP contribution in [-0.2, 0) is 28.3 Å². The molecular formula is C21H24F4N6O4S. The quantitative estimate of drug-likeness (QED) is 0.244. The predicted molar refractivity (Wildman–Crippen MR) is 123 cm³/mol. The zero-order chi connectivity index (χ0) is 26.3. The Labute approximate surface area is 205 Å². The first-order valence-electron chi connectivity index (χ1n) is 10.8. The van der Waals surface area contributed by atoms with E-state index < -0.39 is 46.8 Å². The van der Waals surface area contributed by atoms with E-state index in [4.69, 9.17) is 5.11 Å². The molecule has 1 saturated heterocycles. The van der Waals surface area contributed by atoms with Gasteiger partial charge in [0.15, 0.2) is 0 Å². The number of aromatic nitrogens is 2. The molecule has 1 aliphatic heterocycles. The number of aliphatic hydroxyl groups excluding tert-OH is 1. The van der Waals surface area contributed by atoms with Crippen LogP contribution in [0.25, 0.3) is 0 Å². The second kappa shape index (κ2) is 12.0. The molecule has 2 heterocycles. The number of nitrogens with zero attached hydrogens (tertiary/aromatic N) is 3. The van der Waals surface area contributed by atoms with Crippen LogP contribution in [0.3, 0.4) is 0 Å². The van der Waals surface area contributed by atoms with E-state index in [2.05, 4.69) is 20.6 Å². The lowest BCUT2D eigenvalue weighted by molar-refractivity contribution is -0.137. The molecule has 1 fully saturated rings. The molecule has 1 aromatic carbocycles. The minimum Gasteiger partial charge on any atom is -0.387 e. The van der Waals surface area contributed by atoms with E-state index in [1.165, 1.54) is 17.0 Å². The number of amides is 1. The van der Waals surface area contributed by atoms with Crippen molar-refractivity contribution in [1.82, 2.24) is 19.6 Å². The molecule has 36 heavy (non-hydrogen) atoms. The van der Waals surface area contributed by atoms with Gasteiger partial charge in [0.05, 0.1) is 0 Å². The third-order valence-corrected chi connectivity index (χ3v) is 5.65. The van der Waals surface area contributed by atoms with Gasteiger partial charge in [0.2, 0.25) is 22.7 Å². The molecule has 4 N–H and O–H groups in total. The second-order valence-electron chi connectivity index (χ2n) is 7.85. The van der Waals surface area contributed by atoms with Crippen molar-refractivity contribution in [1.29, 1.82) is 0 Å². The van der Waals surface area contributed by atoms with Crippen LogP contribution in [0.4, 0.5) is 35.0 Å². The third kappa shape index (κ3) is 7.52. The molecule has 15 heteroatoms. The molecule has 1 aromatic heterocycles. The summed E-state index contributed by atoms with van der Waals surface area (Å²) in [6.07, 6.45) is -0.454. The van der Waals surface area contributed by atoms with Crippen molar-refractivity contribution >= 4 is 34.3 Å². The largest absolute Gasteiger partial charge is 0.421 e. The first-order valence-corrected chi connectivity index (χ1v) is 11.9. The number of halogens is 4. The van der Waals surface area contributed by atoms with Crippen LogP contribution in [0, 0.1) is 5.82 Å². The number of hydrogen-bond acceptors (Lipinski definition) is 8. The molecule has 3 rings (SSSR count). The summed E-state index contributed by atoms with van der Waals surface area (Å²) < 4.78 is 78.0. The van der Waals surface area contributed by atoms with Gasteiger partial charge in [0.25, 0.3) is 0 Å². The number of aliphatic hydroxyl groups is 1. The van der Waals surface area contributed by atoms with Crippen molar-refractivity contribution in [3.05, 3.63) is 53.6 Å². The highest BCUT2D eigenvalue weighted by molar-refractivity contribution is 7.70. The molecule has 0 aliphatic carbocycles. The summed E-state index contributed by atoms with van der Waals surface area (Å²) >= 11 is 0. The molecule has 1 unspecified atom stereocenters. The van der Waals surface area contributed by atoms with Gasteiger partial charge in [-0.05, 0) is 43.0 Å². The van der Waals surface area contributed by atoms with E-state index >= 15 is 0 Å². The zero-order valence-electron chi connectivity index (χ0n) is 18.8. The molecule has 0 spiro atoms. The summed E-state index contributed by atoms with van der Waals surface area (Å²) in [5, 5.41) is 14.6. The van der Waals surface area contributed by atoms with E-state index in [-0.39, 0.29) is 36.2 Å². The average Bonchev–Trinajstić information content (AvgIpc) is 2.82. The lowest BCUT2D eigenvalue weighted by Crippen LogP contribution is -2.46. The molecule has 196 valence electrons. The summed E-state index contributed by atoms with van der Waals surface area (Å²) in [7, 11) is -2.88. The number of nitrogens with one attached hydrogen (secondary N) is 3. The number of carbonyl (C=O) groups excluding carboxylic acids is 1. The van der Waals surface area contributed by atoms with Crippen LogP contribution in [-0.4, -0.2) is 60.0 Å². The van der Waals surface area contributed by atoms with Gasteiger partial charge in [-0.3, -0.25) is 9.52 Å². The fourth-order valence-electron chi connectivity index (χ4n) is 3.64. The maximum Gasteiger partial charge on any atom is 0.421 e. The van der Waals surface area contributed by atoms with Crippen LogP contribution in [0.5, 0.6) is 0 Å². The van der Waals surface area contributed by atoms with Gasteiger partial charge in [-0.1, -0.05) is 6.08 Å². The summed E-state index contributed by atoms with van der Waals surface area (Å²) in [6, 6.07) is 3.07. The normalized spacial score (nSPS) is 16.4. The number of likely N-dealkylation sites (tertiary alicyclic amines) is 1. The molecule has 1 atom stereocenters. The Bertz CT molecular complexity index is 1180. The zero-order valence-corrected chi connectivity index (χ0v) is 19.7. The number of piperidine rings is 1. The Kier molecular flexibility index (Phi) is 9.03. The maximum atomic E-state index is 13.8. The number of carbonyl (C=O) groups is 1. The standard InChI is InChI=1S/C21H24F4N6O4S/c22-14-5-6-17(13(9-14)3-1-7-27-36(34)35)29-19-16(21(23,24)25)10-26-20(30-19)28-15-4-2-8-31(11-15)18(33)12-32/h1,5-7,9-10,15,32,36H,2-4,8,11-12H2,(H,27,34,35)(H2,26,28,29,30)/b7-1+. The van der Waals surface area contributed by atoms with Gasteiger partial charge in [-0.25, -0.2) is 17.8 Å². The van der Waals surface area contributed by atoms with Gasteiger partial charge in [0.1, 0.15) is 23.8 Å². The van der Waals surface area contributed by atoms with Crippen molar-refractivity contribution in [3.63, 3.8) is 0 Å². The Morgan fingerprint density at radius 1 is 1.31 bits per heavy atom. The summed E-state index contributed by atoms with van der Waals surface area (Å²) in [6.45, 7) is 0.0445. The number of alkyl halides is 3. The number of anilines is 3. The van der Waals surface area contributed by atoms with E-state index in [1.54, 1.807) is 0 Å². The Balaban J connectivity index is 1.86. The molecule has 1 aliphatic rings. The third-order valence-electron chi connectivity index (χ3n) is 5.29. The molecule has 0 bridgehead atoms. The van der Waals surface area contributed by atoms with Crippen LogP contribution in [0.15, 0.2) is 36.7 Å². The minimum atomic E-state index is -4.79. The highest BCUT2D eigenvalue weighted by Crippen LogP contribution is 2.36. The lowest BCUT2D eigenvalue weighted by Gasteiger charge is -2.32. The molecule has 0 radical (unpaired) electrons. The Morgan fingerprint density at radius 2 is 2.08 bits per heavy atom. The smallest absolute Gasteiger partial charge is 0.387 e. The van der Waals surface area contributed by atoms with Crippen LogP contribution in [0.2, 0.25) is 0 Å². The summed E-state index contributed by atoms with van der Waals surface area (Å²) in [4.78, 5) is 21.0. The highest BCUT2D eigenvalue weighted by atomic mass is 32.2. The lowest BCUT2D eigenvalue weighted by atomic mass is 10.1. The summed E-state index contributed by atoms with van der Waals surface area (Å²) in [5.41, 5.74) is -0.773. The van der Waals surface area contributed by atoms with E-state index in [0.29, 0.717) is 25.6 Å². The first kappa shape index (κ1) is 27.1. The highest BCUT2D eigenvalue weighted by Gasteiger charge is 2.36. The van der Waals surface area contributed by atoms with Gasteiger partial charge in [-0.2, -0.15) is 18.2 Å². The van der Waals surface area contributed by atoms with Crippen molar-refractivity contribution in [2.45, 2.75) is 31.5 Å². The van der Waals surface area contributed by atoms with Crippen molar-refractivity contribution in [2.24, 2.45) is 0 Å². The van der Waals surface area contributed by atoms with E-state index in [1.807, 2.05) is 4.72 Å². The monoisotopic (exact) mass is 532 g/mol. The van der Waals surface area contributed by atoms with E-state index in [0.717, 1.165) is 18.3 Å². The number of hydrogen-bond donors (Lipinski definition) is 5. The van der Waals surface area contributed by atoms with Gasteiger partial charge < -0.3 is 20.6 Å². The van der Waals surface area contributed by atoms with Crippen LogP contribution in [0.1, 0.15) is 24.0 Å². The fourth-order valence-corrected chi connectivity index (χ4v) is 3.87. The first-order chi connectivity index (χ1) is 17.1. The minimum absolute atomic E-state index is 0.00457. The van der Waals surface area contributed by atoms with Crippen LogP contribution < -0.4 is 15.4 Å². The summed E-state index contributed by atoms with van der Waals surface area (Å²) in [5.74, 6) is -1.77. The maximum absolute atomic E-state index is 13.8. The average molecular weight is 533 g/mol. The van der Waals surface area contributed by atoms with Crippen molar-refractivity contribution in [3.8, 4) is 0 Å².